The van der Waals surface area contributed by atoms with Crippen molar-refractivity contribution in [3.05, 3.63) is 72.9 Å². The van der Waals surface area contributed by atoms with Crippen molar-refractivity contribution in [1.82, 2.24) is 5.32 Å². The number of unbranched alkanes of at least 4 members (excludes halogenated alkanes) is 18. The first kappa shape index (κ1) is 51.3. The maximum atomic E-state index is 13.1. The zero-order valence-electron chi connectivity index (χ0n) is 35.1. The number of aliphatic hydroxyl groups excluding tert-OH is 2. The van der Waals surface area contributed by atoms with Crippen LogP contribution in [0, 0.1) is 0 Å². The molecule has 6 heteroatoms. The molecule has 0 aliphatic heterocycles. The number of rotatable bonds is 38. The standard InChI is InChI=1S/C48H83NO5/c1-4-7-10-13-16-19-21-23-24-25-27-29-32-35-38-41-48(53)54-44(39-36-33-30-18-15-12-9-6-3)42-47(52)49-45(43-50)46(51)40-37-34-31-28-26-22-20-17-14-11-8-5-2/h7,10,12-13,15-16,19,21,23-25,27,44-46,50-51H,4-6,8-9,11,14,17-18,20,22,26,28-43H2,1-3H3,(H,49,52)/b10-7+,15-12-,16-13+,21-19-,24-23-,27-25+. The summed E-state index contributed by atoms with van der Waals surface area (Å²) in [5, 5.41) is 23.6. The molecule has 310 valence electrons. The van der Waals surface area contributed by atoms with Crippen LogP contribution in [0.1, 0.15) is 194 Å². The first-order valence-electron chi connectivity index (χ1n) is 22.2. The van der Waals surface area contributed by atoms with Crippen molar-refractivity contribution >= 4 is 11.9 Å². The number of carbonyl (C=O) groups is 2. The number of nitrogens with one attached hydrogen (secondary N) is 1. The molecule has 6 nitrogen and oxygen atoms in total. The number of esters is 1. The molecule has 0 radical (unpaired) electrons. The molecule has 0 saturated carbocycles. The number of hydrogen-bond acceptors (Lipinski definition) is 5. The highest BCUT2D eigenvalue weighted by atomic mass is 16.5. The number of ether oxygens (including phenoxy) is 1. The van der Waals surface area contributed by atoms with E-state index in [-0.39, 0.29) is 24.9 Å². The molecule has 0 aliphatic carbocycles. The molecule has 0 aromatic rings. The zero-order chi connectivity index (χ0) is 39.6. The van der Waals surface area contributed by atoms with Crippen LogP contribution in [0.3, 0.4) is 0 Å². The Morgan fingerprint density at radius 1 is 0.556 bits per heavy atom. The highest BCUT2D eigenvalue weighted by Gasteiger charge is 2.24. The lowest BCUT2D eigenvalue weighted by molar-refractivity contribution is -0.151. The minimum Gasteiger partial charge on any atom is -0.462 e. The number of hydrogen-bond donors (Lipinski definition) is 3. The van der Waals surface area contributed by atoms with E-state index in [4.69, 9.17) is 4.74 Å². The van der Waals surface area contributed by atoms with E-state index in [1.807, 2.05) is 42.5 Å². The molecule has 0 bridgehead atoms. The maximum absolute atomic E-state index is 13.1. The van der Waals surface area contributed by atoms with Crippen LogP contribution in [0.4, 0.5) is 0 Å². The first-order chi connectivity index (χ1) is 26.5. The van der Waals surface area contributed by atoms with Crippen LogP contribution < -0.4 is 5.32 Å². The largest absolute Gasteiger partial charge is 0.462 e. The van der Waals surface area contributed by atoms with E-state index in [0.29, 0.717) is 19.3 Å². The monoisotopic (exact) mass is 754 g/mol. The second kappa shape index (κ2) is 41.5. The second-order valence-electron chi connectivity index (χ2n) is 14.8. The van der Waals surface area contributed by atoms with Gasteiger partial charge in [-0.15, -0.1) is 0 Å². The molecule has 54 heavy (non-hydrogen) atoms. The number of allylic oxidation sites excluding steroid dienone is 12. The Balaban J connectivity index is 4.60. The summed E-state index contributed by atoms with van der Waals surface area (Å²) < 4.78 is 5.85. The Hall–Kier alpha value is -2.70. The third-order valence-electron chi connectivity index (χ3n) is 9.63. The third kappa shape index (κ3) is 36.3. The molecule has 0 spiro atoms. The molecule has 3 N–H and O–H groups in total. The van der Waals surface area contributed by atoms with E-state index >= 15 is 0 Å². The smallest absolute Gasteiger partial charge is 0.306 e. The summed E-state index contributed by atoms with van der Waals surface area (Å²) in [6.07, 6.45) is 51.1. The Kier molecular flexibility index (Phi) is 39.4. The van der Waals surface area contributed by atoms with Crippen LogP contribution in [-0.4, -0.2) is 46.9 Å². The second-order valence-corrected chi connectivity index (χ2v) is 14.8. The number of carbonyl (C=O) groups excluding carboxylic acids is 2. The molecule has 3 unspecified atom stereocenters. The molecule has 0 aliphatic rings. The average molecular weight is 754 g/mol. The van der Waals surface area contributed by atoms with Gasteiger partial charge < -0.3 is 20.3 Å². The average Bonchev–Trinajstić information content (AvgIpc) is 3.16. The van der Waals surface area contributed by atoms with Crippen molar-refractivity contribution in [3.63, 3.8) is 0 Å². The molecule has 0 heterocycles. The third-order valence-corrected chi connectivity index (χ3v) is 9.63. The zero-order valence-corrected chi connectivity index (χ0v) is 35.1. The molecule has 0 saturated heterocycles. The Morgan fingerprint density at radius 3 is 1.65 bits per heavy atom. The van der Waals surface area contributed by atoms with Gasteiger partial charge in [0.05, 0.1) is 25.2 Å². The van der Waals surface area contributed by atoms with E-state index in [1.54, 1.807) is 0 Å². The Morgan fingerprint density at radius 2 is 1.06 bits per heavy atom. The molecule has 0 fully saturated rings. The molecule has 0 rings (SSSR count). The number of aliphatic hydroxyl groups is 2. The van der Waals surface area contributed by atoms with E-state index in [1.165, 1.54) is 57.8 Å². The summed E-state index contributed by atoms with van der Waals surface area (Å²) in [5.74, 6) is -0.550. The van der Waals surface area contributed by atoms with Gasteiger partial charge in [-0.2, -0.15) is 0 Å². The van der Waals surface area contributed by atoms with Gasteiger partial charge in [0.25, 0.3) is 0 Å². The first-order valence-corrected chi connectivity index (χ1v) is 22.2. The minimum absolute atomic E-state index is 0.0453. The summed E-state index contributed by atoms with van der Waals surface area (Å²) in [7, 11) is 0. The summed E-state index contributed by atoms with van der Waals surface area (Å²) in [4.78, 5) is 25.9. The normalized spacial score (nSPS) is 14.1. The summed E-state index contributed by atoms with van der Waals surface area (Å²) >= 11 is 0. The number of amides is 1. The predicted octanol–water partition coefficient (Wildman–Crippen LogP) is 12.7. The molecule has 3 atom stereocenters. The van der Waals surface area contributed by atoms with Crippen molar-refractivity contribution in [2.45, 2.75) is 212 Å². The van der Waals surface area contributed by atoms with Gasteiger partial charge in [-0.3, -0.25) is 9.59 Å². The van der Waals surface area contributed by atoms with E-state index < -0.39 is 18.2 Å². The molecule has 0 aromatic heterocycles. The van der Waals surface area contributed by atoms with Gasteiger partial charge in [-0.05, 0) is 64.2 Å². The quantitative estimate of drug-likeness (QED) is 0.0252. The van der Waals surface area contributed by atoms with Crippen LogP contribution in [-0.2, 0) is 14.3 Å². The maximum Gasteiger partial charge on any atom is 0.306 e. The van der Waals surface area contributed by atoms with Crippen molar-refractivity contribution in [1.29, 1.82) is 0 Å². The fourth-order valence-electron chi connectivity index (χ4n) is 6.28. The summed E-state index contributed by atoms with van der Waals surface area (Å²) in [6.45, 7) is 6.23. The summed E-state index contributed by atoms with van der Waals surface area (Å²) in [6, 6.07) is -0.715. The topological polar surface area (TPSA) is 95.9 Å². The van der Waals surface area contributed by atoms with E-state index in [2.05, 4.69) is 56.5 Å². The van der Waals surface area contributed by atoms with Crippen LogP contribution in [0.5, 0.6) is 0 Å². The van der Waals surface area contributed by atoms with Crippen LogP contribution >= 0.6 is 0 Å². The Bertz CT molecular complexity index is 1030. The predicted molar refractivity (Wildman–Crippen MR) is 231 cm³/mol. The Labute approximate surface area is 332 Å². The van der Waals surface area contributed by atoms with Gasteiger partial charge in [-0.25, -0.2) is 0 Å². The molecular formula is C48H83NO5. The highest BCUT2D eigenvalue weighted by Crippen LogP contribution is 2.17. The molecular weight excluding hydrogens is 671 g/mol. The van der Waals surface area contributed by atoms with Gasteiger partial charge in [0, 0.05) is 6.42 Å². The van der Waals surface area contributed by atoms with Crippen LogP contribution in [0.2, 0.25) is 0 Å². The van der Waals surface area contributed by atoms with Crippen molar-refractivity contribution in [2.24, 2.45) is 0 Å². The summed E-state index contributed by atoms with van der Waals surface area (Å²) in [5.41, 5.74) is 0. The molecule has 0 aromatic carbocycles. The van der Waals surface area contributed by atoms with E-state index in [0.717, 1.165) is 89.9 Å². The van der Waals surface area contributed by atoms with Gasteiger partial charge >= 0.3 is 5.97 Å². The molecule has 1 amide bonds. The van der Waals surface area contributed by atoms with Gasteiger partial charge in [-0.1, -0.05) is 190 Å². The van der Waals surface area contributed by atoms with Gasteiger partial charge in [0.1, 0.15) is 6.10 Å². The highest BCUT2D eigenvalue weighted by molar-refractivity contribution is 5.77. The van der Waals surface area contributed by atoms with Crippen molar-refractivity contribution < 1.29 is 24.5 Å². The fourth-order valence-corrected chi connectivity index (χ4v) is 6.28. The fraction of sp³-hybridized carbons (Fsp3) is 0.708. The lowest BCUT2D eigenvalue weighted by Gasteiger charge is -2.24. The van der Waals surface area contributed by atoms with Gasteiger partial charge in [0.2, 0.25) is 5.91 Å². The van der Waals surface area contributed by atoms with Gasteiger partial charge in [0.15, 0.2) is 0 Å². The van der Waals surface area contributed by atoms with E-state index in [9.17, 15) is 19.8 Å². The lowest BCUT2D eigenvalue weighted by atomic mass is 10.0. The van der Waals surface area contributed by atoms with Crippen LogP contribution in [0.25, 0.3) is 0 Å². The minimum atomic E-state index is -0.799. The van der Waals surface area contributed by atoms with Crippen molar-refractivity contribution in [2.75, 3.05) is 6.61 Å². The van der Waals surface area contributed by atoms with Crippen molar-refractivity contribution in [3.8, 4) is 0 Å². The SMILES string of the molecule is CC/C=C/C=C/C=C\C=C/C=C/CCCCCC(=O)OC(CCCCC/C=C\CCC)CC(=O)NC(CO)C(O)CCCCCCCCCCCCCC. The van der Waals surface area contributed by atoms with Crippen LogP contribution in [0.15, 0.2) is 72.9 Å². The lowest BCUT2D eigenvalue weighted by Crippen LogP contribution is -2.46.